The Morgan fingerprint density at radius 2 is 1.76 bits per heavy atom. The van der Waals surface area contributed by atoms with Gasteiger partial charge in [-0.3, -0.25) is 4.48 Å². The van der Waals surface area contributed by atoms with Crippen LogP contribution in [0.3, 0.4) is 0 Å². The molecule has 0 aliphatic rings. The van der Waals surface area contributed by atoms with Crippen molar-refractivity contribution in [3.63, 3.8) is 0 Å². The second-order valence-electron chi connectivity index (χ2n) is 5.98. The van der Waals surface area contributed by atoms with E-state index in [4.69, 9.17) is 4.74 Å². The molecule has 0 aliphatic heterocycles. The van der Waals surface area contributed by atoms with Gasteiger partial charge in [-0.1, -0.05) is 30.3 Å². The van der Waals surface area contributed by atoms with Gasteiger partial charge in [-0.25, -0.2) is 0 Å². The molecule has 3 nitrogen and oxygen atoms in total. The summed E-state index contributed by atoms with van der Waals surface area (Å²) in [5.74, 6) is 0.789. The Morgan fingerprint density at radius 3 is 2.43 bits per heavy atom. The van der Waals surface area contributed by atoms with Gasteiger partial charge in [-0.15, -0.1) is 0 Å². The van der Waals surface area contributed by atoms with Crippen molar-refractivity contribution in [1.29, 1.82) is 0 Å². The number of likely N-dealkylation sites (N-methyl/N-ethyl adjacent to an activating group) is 1. The zero-order valence-electron chi connectivity index (χ0n) is 13.0. The van der Waals surface area contributed by atoms with E-state index in [0.29, 0.717) is 17.6 Å². The van der Waals surface area contributed by atoms with E-state index in [-0.39, 0.29) is 0 Å². The summed E-state index contributed by atoms with van der Waals surface area (Å²) in [5, 5.41) is 10.2. The van der Waals surface area contributed by atoms with Crippen LogP contribution in [0, 0.1) is 6.92 Å². The highest BCUT2D eigenvalue weighted by Gasteiger charge is 2.23. The summed E-state index contributed by atoms with van der Waals surface area (Å²) in [6.45, 7) is 2.99. The molecular weight excluding hydrogens is 262 g/mol. The molecule has 0 aliphatic carbocycles. The van der Waals surface area contributed by atoms with Crippen LogP contribution in [-0.4, -0.2) is 38.5 Å². The molecule has 0 saturated heterocycles. The highest BCUT2D eigenvalue weighted by Crippen LogP contribution is 2.20. The molecule has 112 valence electrons. The molecule has 0 bridgehead atoms. The van der Waals surface area contributed by atoms with Crippen molar-refractivity contribution in [1.82, 2.24) is 4.48 Å². The van der Waals surface area contributed by atoms with Gasteiger partial charge in [0, 0.05) is 6.07 Å². The lowest BCUT2D eigenvalue weighted by molar-refractivity contribution is 0.0840. The van der Waals surface area contributed by atoms with Crippen LogP contribution in [0.15, 0.2) is 54.6 Å². The molecule has 2 aromatic carbocycles. The first-order valence-electron chi connectivity index (χ1n) is 7.23. The van der Waals surface area contributed by atoms with Gasteiger partial charge in [0.25, 0.3) is 0 Å². The lowest BCUT2D eigenvalue weighted by atomic mass is 10.2. The van der Waals surface area contributed by atoms with Gasteiger partial charge in [-0.2, -0.15) is 0 Å². The smallest absolute Gasteiger partial charge is 0.137 e. The standard InChI is InChI=1S/C18H24NO2/c1-15-8-7-9-16(12-15)19(2,3)13-17(20)14-21-18-10-5-4-6-11-18/h4-12,17,20H,13-14H2,1-3H3/q+1. The van der Waals surface area contributed by atoms with E-state index < -0.39 is 6.10 Å². The maximum Gasteiger partial charge on any atom is 0.137 e. The van der Waals surface area contributed by atoms with Gasteiger partial charge in [0.2, 0.25) is 0 Å². The van der Waals surface area contributed by atoms with Crippen LogP contribution in [0.5, 0.6) is 5.75 Å². The van der Waals surface area contributed by atoms with Crippen molar-refractivity contribution >= 4 is 5.69 Å². The van der Waals surface area contributed by atoms with Crippen LogP contribution in [-0.2, 0) is 0 Å². The zero-order valence-corrected chi connectivity index (χ0v) is 13.0. The Labute approximate surface area is 127 Å². The molecular formula is C18H24NO2+. The van der Waals surface area contributed by atoms with E-state index in [0.717, 1.165) is 5.75 Å². The SMILES string of the molecule is Cc1cccc([N+](C)(C)CC(O)COc2ccccc2)c1. The molecule has 0 spiro atoms. The number of aliphatic hydroxyl groups excluding tert-OH is 1. The second kappa shape index (κ2) is 6.74. The van der Waals surface area contributed by atoms with Crippen LogP contribution < -0.4 is 9.22 Å². The Balaban J connectivity index is 1.93. The number of benzene rings is 2. The first-order chi connectivity index (χ1) is 9.97. The van der Waals surface area contributed by atoms with Gasteiger partial charge < -0.3 is 9.84 Å². The molecule has 3 heteroatoms. The topological polar surface area (TPSA) is 29.5 Å². The van der Waals surface area contributed by atoms with Gasteiger partial charge in [0.1, 0.15) is 30.7 Å². The summed E-state index contributed by atoms with van der Waals surface area (Å²) >= 11 is 0. The number of nitrogens with zero attached hydrogens (tertiary/aromatic N) is 1. The summed E-state index contributed by atoms with van der Waals surface area (Å²) in [5.41, 5.74) is 2.42. The summed E-state index contributed by atoms with van der Waals surface area (Å²) < 4.78 is 6.24. The minimum Gasteiger partial charge on any atom is -0.491 e. The predicted molar refractivity (Wildman–Crippen MR) is 87.6 cm³/mol. The normalized spacial score (nSPS) is 13.0. The van der Waals surface area contributed by atoms with Gasteiger partial charge in [-0.05, 0) is 30.7 Å². The van der Waals surface area contributed by atoms with Gasteiger partial charge >= 0.3 is 0 Å². The first-order valence-corrected chi connectivity index (χ1v) is 7.23. The van der Waals surface area contributed by atoms with Crippen molar-refractivity contribution in [3.8, 4) is 5.75 Å². The number of para-hydroxylation sites is 1. The fraction of sp³-hybridized carbons (Fsp3) is 0.333. The number of aryl methyl sites for hydroxylation is 1. The summed E-state index contributed by atoms with van der Waals surface area (Å²) in [4.78, 5) is 0. The van der Waals surface area contributed by atoms with Crippen LogP contribution in [0.1, 0.15) is 5.56 Å². The van der Waals surface area contributed by atoms with E-state index in [1.54, 1.807) is 0 Å². The highest BCUT2D eigenvalue weighted by molar-refractivity contribution is 5.44. The van der Waals surface area contributed by atoms with Crippen molar-refractivity contribution in [2.75, 3.05) is 27.2 Å². The van der Waals surface area contributed by atoms with Crippen LogP contribution >= 0.6 is 0 Å². The third-order valence-corrected chi connectivity index (χ3v) is 3.55. The van der Waals surface area contributed by atoms with Crippen LogP contribution in [0.4, 0.5) is 5.69 Å². The minimum atomic E-state index is -0.513. The monoisotopic (exact) mass is 286 g/mol. The number of rotatable bonds is 6. The molecule has 0 radical (unpaired) electrons. The van der Waals surface area contributed by atoms with Crippen LogP contribution in [0.2, 0.25) is 0 Å². The van der Waals surface area contributed by atoms with Crippen molar-refractivity contribution in [2.24, 2.45) is 0 Å². The number of hydrogen-bond acceptors (Lipinski definition) is 2. The maximum absolute atomic E-state index is 10.2. The zero-order chi connectivity index (χ0) is 15.3. The predicted octanol–water partition coefficient (Wildman–Crippen LogP) is 3.00. The lowest BCUT2D eigenvalue weighted by Gasteiger charge is -2.31. The molecule has 0 heterocycles. The molecule has 0 fully saturated rings. The molecule has 1 N–H and O–H groups in total. The van der Waals surface area contributed by atoms with E-state index >= 15 is 0 Å². The van der Waals surface area contributed by atoms with E-state index in [2.05, 4.69) is 45.3 Å². The fourth-order valence-corrected chi connectivity index (χ4v) is 2.40. The molecule has 2 rings (SSSR count). The Morgan fingerprint density at radius 1 is 1.05 bits per heavy atom. The maximum atomic E-state index is 10.2. The number of quaternary nitrogens is 1. The Kier molecular flexibility index (Phi) is 4.99. The second-order valence-corrected chi connectivity index (χ2v) is 5.98. The Hall–Kier alpha value is -1.84. The molecule has 2 aromatic rings. The van der Waals surface area contributed by atoms with Crippen molar-refractivity contribution < 1.29 is 9.84 Å². The van der Waals surface area contributed by atoms with Gasteiger partial charge in [0.05, 0.1) is 14.1 Å². The van der Waals surface area contributed by atoms with Crippen molar-refractivity contribution in [3.05, 3.63) is 60.2 Å². The largest absolute Gasteiger partial charge is 0.491 e. The minimum absolute atomic E-state index is 0.303. The fourth-order valence-electron chi connectivity index (χ4n) is 2.40. The Bertz CT molecular complexity index is 566. The number of ether oxygens (including phenoxy) is 1. The average Bonchev–Trinajstić information content (AvgIpc) is 2.46. The number of aliphatic hydroxyl groups is 1. The quantitative estimate of drug-likeness (QED) is 0.827. The highest BCUT2D eigenvalue weighted by atomic mass is 16.5. The molecule has 0 amide bonds. The average molecular weight is 286 g/mol. The van der Waals surface area contributed by atoms with E-state index in [9.17, 15) is 5.11 Å². The van der Waals surface area contributed by atoms with Crippen LogP contribution in [0.25, 0.3) is 0 Å². The number of hydrogen-bond donors (Lipinski definition) is 1. The molecule has 0 saturated carbocycles. The third-order valence-electron chi connectivity index (χ3n) is 3.55. The first kappa shape index (κ1) is 15.5. The molecule has 21 heavy (non-hydrogen) atoms. The van der Waals surface area contributed by atoms with Gasteiger partial charge in [0.15, 0.2) is 0 Å². The summed E-state index contributed by atoms with van der Waals surface area (Å²) in [7, 11) is 4.20. The molecule has 1 unspecified atom stereocenters. The van der Waals surface area contributed by atoms with Crippen molar-refractivity contribution in [2.45, 2.75) is 13.0 Å². The third kappa shape index (κ3) is 4.59. The molecule has 0 aromatic heterocycles. The molecule has 1 atom stereocenters. The van der Waals surface area contributed by atoms with E-state index in [1.165, 1.54) is 11.3 Å². The lowest BCUT2D eigenvalue weighted by Crippen LogP contribution is -2.47. The summed E-state index contributed by atoms with van der Waals surface area (Å²) in [6.07, 6.45) is -0.513. The summed E-state index contributed by atoms with van der Waals surface area (Å²) in [6, 6.07) is 18.0. The van der Waals surface area contributed by atoms with E-state index in [1.807, 2.05) is 30.3 Å².